The lowest BCUT2D eigenvalue weighted by Gasteiger charge is -2.50. The number of ether oxygens (including phenoxy) is 1. The average Bonchev–Trinajstić information content (AvgIpc) is 3.12. The molecule has 2 bridgehead atoms. The number of rotatable bonds is 16. The van der Waals surface area contributed by atoms with Gasteiger partial charge in [0.1, 0.15) is 11.5 Å². The third-order valence-corrected chi connectivity index (χ3v) is 10.1. The van der Waals surface area contributed by atoms with E-state index in [0.717, 1.165) is 88.0 Å². The number of phenols is 1. The third kappa shape index (κ3) is 8.44. The number of aromatic amines is 1. The number of amides is 1. The Morgan fingerprint density at radius 2 is 1.69 bits per heavy atom. The monoisotopic (exact) mass is 668 g/mol. The molecule has 1 aromatic heterocycles. The Bertz CT molecular complexity index is 1740. The van der Waals surface area contributed by atoms with Crippen LogP contribution in [0.1, 0.15) is 73.8 Å². The van der Waals surface area contributed by atoms with Crippen LogP contribution in [0.25, 0.3) is 10.9 Å². The molecule has 4 aromatic rings. The molecule has 0 aliphatic carbocycles. The lowest BCUT2D eigenvalue weighted by molar-refractivity contribution is -0.000811. The first-order valence-electron chi connectivity index (χ1n) is 17.6. The summed E-state index contributed by atoms with van der Waals surface area (Å²) in [6.07, 6.45) is 5.53. The SMILES string of the molecule is O=C(O)N(C(c1ccccc1)c1cccc(OCCCCCCCNC[C@H](O)c2ccc(O)c3[nH]c(=O)ccc23)c1)[C@H]1CN2CCC1CC2. The Balaban J connectivity index is 0.952. The van der Waals surface area contributed by atoms with Crippen molar-refractivity contribution in [2.45, 2.75) is 63.1 Å². The number of carbonyl (C=O) groups is 1. The zero-order valence-corrected chi connectivity index (χ0v) is 28.0. The van der Waals surface area contributed by atoms with E-state index in [4.69, 9.17) is 4.74 Å². The van der Waals surface area contributed by atoms with Crippen LogP contribution in [0.2, 0.25) is 0 Å². The molecule has 5 N–H and O–H groups in total. The first-order valence-corrected chi connectivity index (χ1v) is 17.6. The van der Waals surface area contributed by atoms with Gasteiger partial charge in [-0.05, 0) is 92.2 Å². The molecule has 1 unspecified atom stereocenters. The van der Waals surface area contributed by atoms with Gasteiger partial charge in [-0.25, -0.2) is 4.79 Å². The van der Waals surface area contributed by atoms with Crippen LogP contribution < -0.4 is 15.6 Å². The number of carboxylic acid groups (broad SMARTS) is 1. The number of aromatic hydroxyl groups is 1. The summed E-state index contributed by atoms with van der Waals surface area (Å²) < 4.78 is 6.18. The van der Waals surface area contributed by atoms with E-state index in [9.17, 15) is 24.9 Å². The Hall–Kier alpha value is -4.38. The maximum Gasteiger partial charge on any atom is 0.408 e. The number of fused-ring (bicyclic) bond motifs is 4. The van der Waals surface area contributed by atoms with Crippen molar-refractivity contribution in [2.75, 3.05) is 39.3 Å². The van der Waals surface area contributed by atoms with Crippen molar-refractivity contribution in [3.8, 4) is 11.5 Å². The highest BCUT2D eigenvalue weighted by atomic mass is 16.5. The topological polar surface area (TPSA) is 138 Å². The van der Waals surface area contributed by atoms with Crippen LogP contribution in [0.4, 0.5) is 4.79 Å². The number of hydrogen-bond acceptors (Lipinski definition) is 7. The van der Waals surface area contributed by atoms with Crippen LogP contribution in [-0.2, 0) is 0 Å². The molecule has 3 aromatic carbocycles. The number of phenolic OH excluding ortho intramolecular Hbond substituents is 1. The molecular weight excluding hydrogens is 620 g/mol. The van der Waals surface area contributed by atoms with Crippen LogP contribution in [0.3, 0.4) is 0 Å². The molecule has 10 heteroatoms. The molecule has 49 heavy (non-hydrogen) atoms. The van der Waals surface area contributed by atoms with Gasteiger partial charge < -0.3 is 35.3 Å². The molecule has 7 rings (SSSR count). The van der Waals surface area contributed by atoms with Gasteiger partial charge in [-0.2, -0.15) is 0 Å². The van der Waals surface area contributed by atoms with Gasteiger partial charge in [0.25, 0.3) is 0 Å². The van der Waals surface area contributed by atoms with Crippen LogP contribution in [0.5, 0.6) is 11.5 Å². The molecular formula is C39H48N4O6. The third-order valence-electron chi connectivity index (χ3n) is 10.1. The second-order valence-corrected chi connectivity index (χ2v) is 13.4. The van der Waals surface area contributed by atoms with Crippen LogP contribution in [-0.4, -0.2) is 81.6 Å². The van der Waals surface area contributed by atoms with Gasteiger partial charge in [-0.1, -0.05) is 67.8 Å². The van der Waals surface area contributed by atoms with Gasteiger partial charge in [-0.15, -0.1) is 0 Å². The van der Waals surface area contributed by atoms with Gasteiger partial charge in [0, 0.05) is 24.5 Å². The molecule has 3 aliphatic heterocycles. The summed E-state index contributed by atoms with van der Waals surface area (Å²) in [5.74, 6) is 1.12. The molecule has 0 radical (unpaired) electrons. The summed E-state index contributed by atoms with van der Waals surface area (Å²) in [5, 5.41) is 35.3. The van der Waals surface area contributed by atoms with Crippen molar-refractivity contribution in [3.05, 3.63) is 106 Å². The Kier molecular flexibility index (Phi) is 11.5. The predicted molar refractivity (Wildman–Crippen MR) is 190 cm³/mol. The molecule has 4 heterocycles. The minimum atomic E-state index is -0.880. The van der Waals surface area contributed by atoms with Crippen molar-refractivity contribution in [2.24, 2.45) is 5.92 Å². The fourth-order valence-electron chi connectivity index (χ4n) is 7.59. The average molecular weight is 669 g/mol. The number of aliphatic hydroxyl groups is 1. The highest BCUT2D eigenvalue weighted by Crippen LogP contribution is 2.39. The number of aromatic nitrogens is 1. The maximum absolute atomic E-state index is 12.9. The summed E-state index contributed by atoms with van der Waals surface area (Å²) in [5.41, 5.74) is 2.58. The van der Waals surface area contributed by atoms with E-state index in [1.807, 2.05) is 54.6 Å². The van der Waals surface area contributed by atoms with Gasteiger partial charge in [0.05, 0.1) is 30.3 Å². The van der Waals surface area contributed by atoms with Crippen molar-refractivity contribution in [3.63, 3.8) is 0 Å². The number of unbranched alkanes of at least 4 members (excludes halogenated alkanes) is 4. The van der Waals surface area contributed by atoms with Crippen LogP contribution in [0, 0.1) is 5.92 Å². The lowest BCUT2D eigenvalue weighted by atomic mass is 9.81. The summed E-state index contributed by atoms with van der Waals surface area (Å²) in [7, 11) is 0. The number of hydrogen-bond donors (Lipinski definition) is 5. The number of H-pyrrole nitrogens is 1. The Labute approximate surface area is 287 Å². The van der Waals surface area contributed by atoms with Gasteiger partial charge in [0.15, 0.2) is 0 Å². The second-order valence-electron chi connectivity index (χ2n) is 13.4. The number of benzene rings is 3. The number of nitrogens with one attached hydrogen (secondary N) is 2. The maximum atomic E-state index is 12.9. The van der Waals surface area contributed by atoms with Crippen molar-refractivity contribution < 1.29 is 24.9 Å². The molecule has 260 valence electrons. The lowest BCUT2D eigenvalue weighted by Crippen LogP contribution is -2.59. The van der Waals surface area contributed by atoms with Crippen molar-refractivity contribution in [1.82, 2.24) is 20.1 Å². The van der Waals surface area contributed by atoms with E-state index in [-0.39, 0.29) is 17.4 Å². The summed E-state index contributed by atoms with van der Waals surface area (Å²) in [6.45, 7) is 4.65. The smallest absolute Gasteiger partial charge is 0.408 e. The largest absolute Gasteiger partial charge is 0.506 e. The molecule has 3 atom stereocenters. The molecule has 0 saturated carbocycles. The summed E-state index contributed by atoms with van der Waals surface area (Å²) in [4.78, 5) is 31.3. The number of pyridine rings is 1. The minimum Gasteiger partial charge on any atom is -0.506 e. The van der Waals surface area contributed by atoms with E-state index in [1.165, 1.54) is 12.1 Å². The van der Waals surface area contributed by atoms with Crippen LogP contribution >= 0.6 is 0 Å². The normalized spacial score (nSPS) is 19.8. The number of aliphatic hydroxyl groups excluding tert-OH is 1. The van der Waals surface area contributed by atoms with E-state index < -0.39 is 18.2 Å². The van der Waals surface area contributed by atoms with Gasteiger partial charge in [0.2, 0.25) is 5.56 Å². The quantitative estimate of drug-likeness (QED) is 0.0911. The second kappa shape index (κ2) is 16.3. The summed E-state index contributed by atoms with van der Waals surface area (Å²) in [6, 6.07) is 23.6. The van der Waals surface area contributed by atoms with E-state index in [0.29, 0.717) is 35.5 Å². The fourth-order valence-corrected chi connectivity index (χ4v) is 7.59. The van der Waals surface area contributed by atoms with E-state index in [1.54, 1.807) is 17.0 Å². The zero-order chi connectivity index (χ0) is 34.2. The first kappa shape index (κ1) is 34.5. The zero-order valence-electron chi connectivity index (χ0n) is 28.0. The molecule has 1 amide bonds. The van der Waals surface area contributed by atoms with Crippen LogP contribution in [0.15, 0.2) is 83.7 Å². The highest BCUT2D eigenvalue weighted by Gasteiger charge is 2.43. The van der Waals surface area contributed by atoms with E-state index in [2.05, 4.69) is 15.2 Å². The first-order chi connectivity index (χ1) is 23.9. The van der Waals surface area contributed by atoms with E-state index >= 15 is 0 Å². The molecule has 10 nitrogen and oxygen atoms in total. The number of nitrogens with zero attached hydrogens (tertiary/aromatic N) is 2. The molecule has 3 fully saturated rings. The van der Waals surface area contributed by atoms with Crippen molar-refractivity contribution in [1.29, 1.82) is 0 Å². The summed E-state index contributed by atoms with van der Waals surface area (Å²) >= 11 is 0. The minimum absolute atomic E-state index is 0.0193. The predicted octanol–water partition coefficient (Wildman–Crippen LogP) is 6.05. The van der Waals surface area contributed by atoms with Gasteiger partial charge in [-0.3, -0.25) is 9.69 Å². The standard InChI is InChI=1S/C39H48N4O6/c44-34-16-14-31(32-15-17-36(46)41-37(32)34)35(45)25-40-20-7-2-1-3-8-23-49-30-13-9-12-29(24-30)38(28-10-5-4-6-11-28)43(39(47)48)33-26-42-21-18-27(33)19-22-42/h4-6,9-17,24,27,33,35,38,40,44-45H,1-3,7-8,18-23,25-26H2,(H,41,46)(H,47,48)/t33-,35-,38?/m0/s1. The Morgan fingerprint density at radius 3 is 2.45 bits per heavy atom. The fraction of sp³-hybridized carbons (Fsp3) is 0.436. The number of piperidine rings is 3. The highest BCUT2D eigenvalue weighted by molar-refractivity contribution is 5.87. The Morgan fingerprint density at radius 1 is 0.939 bits per heavy atom. The molecule has 3 saturated heterocycles. The molecule has 0 spiro atoms. The molecule has 3 aliphatic rings. The van der Waals surface area contributed by atoms with Gasteiger partial charge >= 0.3 is 6.09 Å². The van der Waals surface area contributed by atoms with Crippen molar-refractivity contribution >= 4 is 17.0 Å².